The second-order valence-corrected chi connectivity index (χ2v) is 11.5. The number of hydrogen-bond donors (Lipinski definition) is 0. The smallest absolute Gasteiger partial charge is 0.101 e. The standard InChI is InChI=1S/C42H28N4/c1-3-11-33-34-17-9-10-18-36(34)45(35(33)12-4-2)39-24-40(30(26-44)23-29(39)25-43)46-37-21-19-27-13-5-7-15-31(27)41(37)42-32-16-8-6-14-28(32)20-22-38(42)46/h3-11,13-24H,2,12H2,1H3/b11-3-. The average molecular weight is 589 g/mol. The molecule has 6 aromatic carbocycles. The number of aromatic nitrogens is 2. The molecule has 0 radical (unpaired) electrons. The monoisotopic (exact) mass is 588 g/mol. The third-order valence-corrected chi connectivity index (χ3v) is 9.07. The second kappa shape index (κ2) is 10.7. The van der Waals surface area contributed by atoms with Gasteiger partial charge in [-0.3, -0.25) is 0 Å². The number of nitrogens with zero attached hydrogens (tertiary/aromatic N) is 4. The molecule has 0 amide bonds. The second-order valence-electron chi connectivity index (χ2n) is 11.5. The maximum absolute atomic E-state index is 10.6. The predicted octanol–water partition coefficient (Wildman–Crippen LogP) is 10.5. The van der Waals surface area contributed by atoms with Gasteiger partial charge in [-0.15, -0.1) is 6.58 Å². The highest BCUT2D eigenvalue weighted by atomic mass is 15.0. The Morgan fingerprint density at radius 1 is 0.630 bits per heavy atom. The van der Waals surface area contributed by atoms with E-state index in [4.69, 9.17) is 0 Å². The Kier molecular flexibility index (Phi) is 6.31. The first-order valence-electron chi connectivity index (χ1n) is 15.4. The maximum atomic E-state index is 10.6. The van der Waals surface area contributed by atoms with Gasteiger partial charge in [-0.2, -0.15) is 10.5 Å². The van der Waals surface area contributed by atoms with Crippen LogP contribution in [0.1, 0.15) is 29.3 Å². The number of rotatable bonds is 5. The number of benzene rings is 6. The Bertz CT molecular complexity index is 2570. The zero-order valence-electron chi connectivity index (χ0n) is 25.3. The zero-order valence-corrected chi connectivity index (χ0v) is 25.3. The molecule has 0 N–H and O–H groups in total. The highest BCUT2D eigenvalue weighted by Gasteiger charge is 2.23. The molecule has 0 bridgehead atoms. The fraction of sp³-hybridized carbons (Fsp3) is 0.0476. The van der Waals surface area contributed by atoms with Crippen LogP contribution in [0.15, 0.2) is 128 Å². The van der Waals surface area contributed by atoms with Gasteiger partial charge in [-0.05, 0) is 58.8 Å². The first-order valence-corrected chi connectivity index (χ1v) is 15.4. The summed E-state index contributed by atoms with van der Waals surface area (Å²) in [6, 6.07) is 42.4. The van der Waals surface area contributed by atoms with Gasteiger partial charge in [0.05, 0.1) is 39.1 Å². The molecule has 0 saturated carbocycles. The number of hydrogen-bond acceptors (Lipinski definition) is 2. The van der Waals surface area contributed by atoms with Crippen LogP contribution in [0.5, 0.6) is 0 Å². The Morgan fingerprint density at radius 2 is 1.17 bits per heavy atom. The Morgan fingerprint density at radius 3 is 1.74 bits per heavy atom. The van der Waals surface area contributed by atoms with Gasteiger partial charge < -0.3 is 9.13 Å². The first kappa shape index (κ1) is 27.2. The van der Waals surface area contributed by atoms with Crippen LogP contribution in [0, 0.1) is 22.7 Å². The SMILES string of the molecule is C=CCc1c(/C=C\C)c2ccccc2n1-c1cc(-n2c3ccc4ccccc4c3c3c4ccccc4ccc32)c(C#N)cc1C#N. The van der Waals surface area contributed by atoms with Crippen LogP contribution >= 0.6 is 0 Å². The Hall–Kier alpha value is -6.36. The molecule has 8 aromatic rings. The summed E-state index contributed by atoms with van der Waals surface area (Å²) in [4.78, 5) is 0. The van der Waals surface area contributed by atoms with E-state index in [1.54, 1.807) is 6.07 Å². The fourth-order valence-corrected chi connectivity index (χ4v) is 7.22. The molecule has 0 aliphatic rings. The normalized spacial score (nSPS) is 11.6. The van der Waals surface area contributed by atoms with Crippen molar-refractivity contribution in [2.75, 3.05) is 0 Å². The van der Waals surface area contributed by atoms with Gasteiger partial charge in [-0.1, -0.05) is 97.1 Å². The molecule has 0 aliphatic heterocycles. The lowest BCUT2D eigenvalue weighted by atomic mass is 10.00. The lowest BCUT2D eigenvalue weighted by Gasteiger charge is -2.17. The van der Waals surface area contributed by atoms with Crippen molar-refractivity contribution in [3.8, 4) is 23.5 Å². The van der Waals surface area contributed by atoms with Crippen molar-refractivity contribution >= 4 is 60.3 Å². The summed E-state index contributed by atoms with van der Waals surface area (Å²) in [7, 11) is 0. The largest absolute Gasteiger partial charge is 0.311 e. The zero-order chi connectivity index (χ0) is 31.4. The van der Waals surface area contributed by atoms with Crippen LogP contribution in [-0.2, 0) is 6.42 Å². The first-order chi connectivity index (χ1) is 22.7. The van der Waals surface area contributed by atoms with Crippen molar-refractivity contribution in [1.82, 2.24) is 9.13 Å². The molecule has 46 heavy (non-hydrogen) atoms. The minimum absolute atomic E-state index is 0.440. The van der Waals surface area contributed by atoms with E-state index in [1.165, 1.54) is 0 Å². The van der Waals surface area contributed by atoms with Gasteiger partial charge in [-0.25, -0.2) is 0 Å². The summed E-state index contributed by atoms with van der Waals surface area (Å²) in [5, 5.41) is 29.1. The predicted molar refractivity (Wildman–Crippen MR) is 191 cm³/mol. The van der Waals surface area contributed by atoms with Crippen molar-refractivity contribution in [2.45, 2.75) is 13.3 Å². The minimum Gasteiger partial charge on any atom is -0.311 e. The van der Waals surface area contributed by atoms with E-state index in [0.29, 0.717) is 17.5 Å². The van der Waals surface area contributed by atoms with E-state index in [9.17, 15) is 10.5 Å². The third-order valence-electron chi connectivity index (χ3n) is 9.07. The molecule has 4 heteroatoms. The quantitative estimate of drug-likeness (QED) is 0.188. The lowest BCUT2D eigenvalue weighted by molar-refractivity contribution is 0.992. The summed E-state index contributed by atoms with van der Waals surface area (Å²) in [6.45, 7) is 6.07. The lowest BCUT2D eigenvalue weighted by Crippen LogP contribution is -2.07. The Labute approximate surface area is 266 Å². The van der Waals surface area contributed by atoms with E-state index in [0.717, 1.165) is 76.9 Å². The van der Waals surface area contributed by atoms with E-state index >= 15 is 0 Å². The molecular weight excluding hydrogens is 560 g/mol. The van der Waals surface area contributed by atoms with Gasteiger partial charge in [0.1, 0.15) is 12.1 Å². The van der Waals surface area contributed by atoms with Crippen molar-refractivity contribution in [3.63, 3.8) is 0 Å². The molecule has 4 nitrogen and oxygen atoms in total. The van der Waals surface area contributed by atoms with Gasteiger partial charge in [0.25, 0.3) is 0 Å². The molecule has 0 unspecified atom stereocenters. The summed E-state index contributed by atoms with van der Waals surface area (Å²) in [6.07, 6.45) is 6.68. The summed E-state index contributed by atoms with van der Waals surface area (Å²) >= 11 is 0. The molecule has 0 spiro atoms. The van der Waals surface area contributed by atoms with E-state index in [2.05, 4.69) is 119 Å². The van der Waals surface area contributed by atoms with Gasteiger partial charge >= 0.3 is 0 Å². The number of fused-ring (bicyclic) bond motifs is 8. The molecule has 2 heterocycles. The number of para-hydroxylation sites is 1. The summed E-state index contributed by atoms with van der Waals surface area (Å²) in [5.41, 5.74) is 7.51. The van der Waals surface area contributed by atoms with Gasteiger partial charge in [0.2, 0.25) is 0 Å². The van der Waals surface area contributed by atoms with Crippen LogP contribution < -0.4 is 0 Å². The summed E-state index contributed by atoms with van der Waals surface area (Å²) < 4.78 is 4.38. The van der Waals surface area contributed by atoms with Crippen LogP contribution in [0.2, 0.25) is 0 Å². The van der Waals surface area contributed by atoms with Gasteiger partial charge in [0, 0.05) is 33.8 Å². The molecule has 216 valence electrons. The molecule has 0 saturated heterocycles. The van der Waals surface area contributed by atoms with Crippen LogP contribution in [0.3, 0.4) is 0 Å². The van der Waals surface area contributed by atoms with Crippen LogP contribution in [0.4, 0.5) is 0 Å². The van der Waals surface area contributed by atoms with Crippen molar-refractivity contribution < 1.29 is 0 Å². The maximum Gasteiger partial charge on any atom is 0.101 e. The topological polar surface area (TPSA) is 57.4 Å². The van der Waals surface area contributed by atoms with E-state index in [1.807, 2.05) is 37.3 Å². The fourth-order valence-electron chi connectivity index (χ4n) is 7.22. The Balaban J connectivity index is 1.56. The summed E-state index contributed by atoms with van der Waals surface area (Å²) in [5.74, 6) is 0. The van der Waals surface area contributed by atoms with Crippen LogP contribution in [-0.4, -0.2) is 9.13 Å². The van der Waals surface area contributed by atoms with Crippen molar-refractivity contribution in [2.24, 2.45) is 0 Å². The molecule has 8 rings (SSSR count). The van der Waals surface area contributed by atoms with Crippen LogP contribution in [0.25, 0.3) is 71.7 Å². The molecule has 2 aromatic heterocycles. The van der Waals surface area contributed by atoms with E-state index < -0.39 is 0 Å². The minimum atomic E-state index is 0.440. The molecule has 0 atom stereocenters. The van der Waals surface area contributed by atoms with Crippen molar-refractivity contribution in [1.29, 1.82) is 10.5 Å². The van der Waals surface area contributed by atoms with E-state index in [-0.39, 0.29) is 0 Å². The molecule has 0 fully saturated rings. The highest BCUT2D eigenvalue weighted by molar-refractivity contribution is 6.28. The average Bonchev–Trinajstić information content (AvgIpc) is 3.61. The third kappa shape index (κ3) is 3.84. The van der Waals surface area contributed by atoms with Crippen molar-refractivity contribution in [3.05, 3.63) is 150 Å². The number of nitriles is 2. The molecule has 0 aliphatic carbocycles. The van der Waals surface area contributed by atoms with Gasteiger partial charge in [0.15, 0.2) is 0 Å². The number of allylic oxidation sites excluding steroid dienone is 2. The molecular formula is C42H28N4. The highest BCUT2D eigenvalue weighted by Crippen LogP contribution is 2.42.